The summed E-state index contributed by atoms with van der Waals surface area (Å²) in [7, 11) is 0. The third-order valence-corrected chi connectivity index (χ3v) is 4.66. The molecule has 0 aliphatic carbocycles. The number of hydrogen-bond donors (Lipinski definition) is 3. The van der Waals surface area contributed by atoms with Crippen LogP contribution in [0.1, 0.15) is 12.5 Å². The molecule has 0 saturated heterocycles. The maximum absolute atomic E-state index is 13.4. The second-order valence-electron chi connectivity index (χ2n) is 7.21. The summed E-state index contributed by atoms with van der Waals surface area (Å²) in [4.78, 5) is 20.1. The first-order chi connectivity index (χ1) is 15.5. The highest BCUT2D eigenvalue weighted by molar-refractivity contribution is 5.88. The third-order valence-electron chi connectivity index (χ3n) is 4.66. The first kappa shape index (κ1) is 21.0. The molecule has 4 rings (SSSR count). The van der Waals surface area contributed by atoms with Crippen molar-refractivity contribution in [3.05, 3.63) is 96.4 Å². The Morgan fingerprint density at radius 2 is 1.69 bits per heavy atom. The lowest BCUT2D eigenvalue weighted by Crippen LogP contribution is -2.05. The van der Waals surface area contributed by atoms with E-state index >= 15 is 0 Å². The van der Waals surface area contributed by atoms with Crippen molar-refractivity contribution in [3.8, 4) is 11.3 Å². The Morgan fingerprint density at radius 1 is 0.906 bits per heavy atom. The molecule has 7 heteroatoms. The first-order valence-electron chi connectivity index (χ1n) is 10.1. The van der Waals surface area contributed by atoms with Crippen molar-refractivity contribution < 1.29 is 9.18 Å². The van der Waals surface area contributed by atoms with Crippen LogP contribution in [-0.4, -0.2) is 15.9 Å². The van der Waals surface area contributed by atoms with E-state index in [0.29, 0.717) is 12.5 Å². The molecule has 0 spiro atoms. The highest BCUT2D eigenvalue weighted by Gasteiger charge is 2.05. The summed E-state index contributed by atoms with van der Waals surface area (Å²) in [5.41, 5.74) is 4.99. The molecule has 32 heavy (non-hydrogen) atoms. The molecule has 1 amide bonds. The van der Waals surface area contributed by atoms with Crippen molar-refractivity contribution in [2.24, 2.45) is 0 Å². The second-order valence-corrected chi connectivity index (χ2v) is 7.21. The summed E-state index contributed by atoms with van der Waals surface area (Å²) < 4.78 is 13.4. The minimum Gasteiger partial charge on any atom is -0.381 e. The molecule has 1 aromatic heterocycles. The molecule has 0 fully saturated rings. The number of anilines is 4. The number of amides is 1. The van der Waals surface area contributed by atoms with Crippen molar-refractivity contribution in [2.45, 2.75) is 13.5 Å². The molecule has 3 aromatic carbocycles. The SMILES string of the molecule is CC(=O)Nc1ccc(-c2ccnc(Nc3cccc(NCc4cccc(F)c4)c3)n2)cc1. The fourth-order valence-corrected chi connectivity index (χ4v) is 3.19. The van der Waals surface area contributed by atoms with Gasteiger partial charge >= 0.3 is 0 Å². The number of halogens is 1. The van der Waals surface area contributed by atoms with Crippen molar-refractivity contribution in [1.29, 1.82) is 0 Å². The van der Waals surface area contributed by atoms with Gasteiger partial charge in [-0.2, -0.15) is 0 Å². The van der Waals surface area contributed by atoms with Gasteiger partial charge in [0.1, 0.15) is 5.82 Å². The molecule has 0 unspecified atom stereocenters. The van der Waals surface area contributed by atoms with E-state index in [4.69, 9.17) is 0 Å². The average Bonchev–Trinajstić information content (AvgIpc) is 2.78. The average molecular weight is 427 g/mol. The van der Waals surface area contributed by atoms with Gasteiger partial charge in [0.15, 0.2) is 0 Å². The molecule has 160 valence electrons. The van der Waals surface area contributed by atoms with Crippen LogP contribution in [0.15, 0.2) is 85.1 Å². The molecule has 4 aromatic rings. The number of benzene rings is 3. The van der Waals surface area contributed by atoms with Crippen LogP contribution in [0.5, 0.6) is 0 Å². The fraction of sp³-hybridized carbons (Fsp3) is 0.0800. The van der Waals surface area contributed by atoms with Crippen LogP contribution in [0.2, 0.25) is 0 Å². The number of nitrogens with zero attached hydrogens (tertiary/aromatic N) is 2. The topological polar surface area (TPSA) is 78.9 Å². The quantitative estimate of drug-likeness (QED) is 0.358. The maximum atomic E-state index is 13.4. The summed E-state index contributed by atoms with van der Waals surface area (Å²) in [5, 5.41) is 9.26. The molecule has 6 nitrogen and oxygen atoms in total. The maximum Gasteiger partial charge on any atom is 0.227 e. The molecule has 0 radical (unpaired) electrons. The van der Waals surface area contributed by atoms with Gasteiger partial charge in [-0.25, -0.2) is 14.4 Å². The fourth-order valence-electron chi connectivity index (χ4n) is 3.19. The van der Waals surface area contributed by atoms with E-state index in [0.717, 1.165) is 33.9 Å². The molecule has 0 bridgehead atoms. The summed E-state index contributed by atoms with van der Waals surface area (Å²) in [5.74, 6) is 0.108. The van der Waals surface area contributed by atoms with Crippen molar-refractivity contribution in [2.75, 3.05) is 16.0 Å². The van der Waals surface area contributed by atoms with Crippen LogP contribution < -0.4 is 16.0 Å². The lowest BCUT2D eigenvalue weighted by Gasteiger charge is -2.10. The standard InChI is InChI=1S/C25H22FN5O/c1-17(32)29-21-10-8-19(9-11-21)24-12-13-27-25(31-24)30-23-7-3-6-22(15-23)28-16-18-4-2-5-20(26)14-18/h2-15,28H,16H2,1H3,(H,29,32)(H,27,30,31). The van der Waals surface area contributed by atoms with Crippen LogP contribution in [0.3, 0.4) is 0 Å². The summed E-state index contributed by atoms with van der Waals surface area (Å²) >= 11 is 0. The largest absolute Gasteiger partial charge is 0.381 e. The predicted octanol–water partition coefficient (Wildman–Crippen LogP) is 5.60. The van der Waals surface area contributed by atoms with Gasteiger partial charge in [-0.15, -0.1) is 0 Å². The molecular weight excluding hydrogens is 405 g/mol. The number of hydrogen-bond acceptors (Lipinski definition) is 5. The second kappa shape index (κ2) is 9.70. The van der Waals surface area contributed by atoms with Crippen molar-refractivity contribution in [1.82, 2.24) is 9.97 Å². The molecule has 0 atom stereocenters. The van der Waals surface area contributed by atoms with Gasteiger partial charge in [-0.05, 0) is 54.1 Å². The van der Waals surface area contributed by atoms with Crippen LogP contribution in [0.25, 0.3) is 11.3 Å². The van der Waals surface area contributed by atoms with Gasteiger partial charge in [0, 0.05) is 42.3 Å². The summed E-state index contributed by atoms with van der Waals surface area (Å²) in [6.45, 7) is 1.99. The van der Waals surface area contributed by atoms with Crippen LogP contribution >= 0.6 is 0 Å². The lowest BCUT2D eigenvalue weighted by atomic mass is 10.1. The van der Waals surface area contributed by atoms with Crippen molar-refractivity contribution >= 4 is 28.9 Å². The summed E-state index contributed by atoms with van der Waals surface area (Å²) in [6.07, 6.45) is 1.69. The Bertz CT molecular complexity index is 1230. The number of rotatable bonds is 7. The number of carbonyl (C=O) groups is 1. The smallest absolute Gasteiger partial charge is 0.227 e. The highest BCUT2D eigenvalue weighted by Crippen LogP contribution is 2.23. The van der Waals surface area contributed by atoms with E-state index in [1.165, 1.54) is 19.1 Å². The molecule has 3 N–H and O–H groups in total. The van der Waals surface area contributed by atoms with E-state index in [1.54, 1.807) is 12.3 Å². The zero-order valence-electron chi connectivity index (χ0n) is 17.5. The molecule has 0 aliphatic rings. The number of carbonyl (C=O) groups excluding carboxylic acids is 1. The highest BCUT2D eigenvalue weighted by atomic mass is 19.1. The Labute approximate surface area is 185 Å². The minimum absolute atomic E-state index is 0.112. The molecule has 1 heterocycles. The molecule has 0 saturated carbocycles. The Kier molecular flexibility index (Phi) is 6.36. The van der Waals surface area contributed by atoms with E-state index in [-0.39, 0.29) is 11.7 Å². The van der Waals surface area contributed by atoms with E-state index in [9.17, 15) is 9.18 Å². The third kappa shape index (κ3) is 5.66. The number of aromatic nitrogens is 2. The van der Waals surface area contributed by atoms with Gasteiger partial charge in [0.25, 0.3) is 0 Å². The predicted molar refractivity (Wildman–Crippen MR) is 125 cm³/mol. The zero-order chi connectivity index (χ0) is 22.3. The normalized spacial score (nSPS) is 10.4. The van der Waals surface area contributed by atoms with Gasteiger partial charge in [-0.3, -0.25) is 4.79 Å². The monoisotopic (exact) mass is 427 g/mol. The minimum atomic E-state index is -0.249. The summed E-state index contributed by atoms with van der Waals surface area (Å²) in [6, 6.07) is 23.5. The van der Waals surface area contributed by atoms with Crippen LogP contribution in [0.4, 0.5) is 27.4 Å². The van der Waals surface area contributed by atoms with E-state index in [2.05, 4.69) is 25.9 Å². The Hall–Kier alpha value is -4.26. The van der Waals surface area contributed by atoms with Gasteiger partial charge in [0.05, 0.1) is 5.69 Å². The first-order valence-corrected chi connectivity index (χ1v) is 10.1. The van der Waals surface area contributed by atoms with Gasteiger partial charge in [-0.1, -0.05) is 30.3 Å². The van der Waals surface area contributed by atoms with Crippen LogP contribution in [-0.2, 0) is 11.3 Å². The lowest BCUT2D eigenvalue weighted by molar-refractivity contribution is -0.114. The number of nitrogens with one attached hydrogen (secondary N) is 3. The molecular formula is C25H22FN5O. The molecule has 0 aliphatic heterocycles. The van der Waals surface area contributed by atoms with Crippen molar-refractivity contribution in [3.63, 3.8) is 0 Å². The van der Waals surface area contributed by atoms with Gasteiger partial charge in [0.2, 0.25) is 11.9 Å². The Morgan fingerprint density at radius 3 is 2.47 bits per heavy atom. The van der Waals surface area contributed by atoms with E-state index in [1.807, 2.05) is 60.7 Å². The Balaban J connectivity index is 1.44. The van der Waals surface area contributed by atoms with E-state index < -0.39 is 0 Å². The van der Waals surface area contributed by atoms with Crippen LogP contribution in [0, 0.1) is 5.82 Å². The van der Waals surface area contributed by atoms with Gasteiger partial charge < -0.3 is 16.0 Å². The zero-order valence-corrected chi connectivity index (χ0v) is 17.5.